The van der Waals surface area contributed by atoms with Gasteiger partial charge in [0.1, 0.15) is 5.75 Å². The van der Waals surface area contributed by atoms with Crippen molar-refractivity contribution in [2.45, 2.75) is 31.7 Å². The predicted molar refractivity (Wildman–Crippen MR) is 74.0 cm³/mol. The maximum Gasteiger partial charge on any atom is 0.305 e. The summed E-state index contributed by atoms with van der Waals surface area (Å²) >= 11 is 5.99. The highest BCUT2D eigenvalue weighted by molar-refractivity contribution is 6.33. The van der Waals surface area contributed by atoms with Crippen molar-refractivity contribution < 1.29 is 19.8 Å². The van der Waals surface area contributed by atoms with Crippen LogP contribution in [0.1, 0.15) is 36.0 Å². The van der Waals surface area contributed by atoms with Crippen molar-refractivity contribution in [2.75, 3.05) is 6.54 Å². The minimum absolute atomic E-state index is 0.0375. The molecule has 1 heterocycles. The van der Waals surface area contributed by atoms with Gasteiger partial charge in [-0.2, -0.15) is 0 Å². The minimum atomic E-state index is -0.920. The predicted octanol–water partition coefficient (Wildman–Crippen LogP) is 2.52. The van der Waals surface area contributed by atoms with E-state index in [0.717, 1.165) is 12.8 Å². The summed E-state index contributed by atoms with van der Waals surface area (Å²) in [7, 11) is 0. The Morgan fingerprint density at radius 2 is 2.10 bits per heavy atom. The van der Waals surface area contributed by atoms with E-state index in [1.54, 1.807) is 4.90 Å². The van der Waals surface area contributed by atoms with Crippen molar-refractivity contribution in [1.29, 1.82) is 0 Å². The Morgan fingerprint density at radius 3 is 2.80 bits per heavy atom. The SMILES string of the molecule is O=C(O)CC1CCCCN1C(=O)c1cc(O)ccc1Cl. The summed E-state index contributed by atoms with van der Waals surface area (Å²) < 4.78 is 0. The molecule has 0 radical (unpaired) electrons. The summed E-state index contributed by atoms with van der Waals surface area (Å²) in [6.07, 6.45) is 2.37. The average Bonchev–Trinajstić information content (AvgIpc) is 2.41. The van der Waals surface area contributed by atoms with Gasteiger partial charge >= 0.3 is 5.97 Å². The van der Waals surface area contributed by atoms with Gasteiger partial charge < -0.3 is 15.1 Å². The van der Waals surface area contributed by atoms with Crippen LogP contribution in [0.2, 0.25) is 5.02 Å². The Balaban J connectivity index is 2.25. The molecule has 20 heavy (non-hydrogen) atoms. The Labute approximate surface area is 121 Å². The summed E-state index contributed by atoms with van der Waals surface area (Å²) in [6.45, 7) is 0.517. The van der Waals surface area contributed by atoms with E-state index >= 15 is 0 Å². The number of carboxylic acid groups (broad SMARTS) is 1. The number of carboxylic acids is 1. The standard InChI is InChI=1S/C14H16ClNO4/c15-12-5-4-10(17)8-11(12)14(20)16-6-2-1-3-9(16)7-13(18)19/h4-5,8-9,17H,1-3,6-7H2,(H,18,19). The van der Waals surface area contributed by atoms with Crippen LogP contribution in [0.4, 0.5) is 0 Å². The molecule has 1 aliphatic rings. The van der Waals surface area contributed by atoms with Gasteiger partial charge in [-0.05, 0) is 37.5 Å². The van der Waals surface area contributed by atoms with Crippen LogP contribution in [0.25, 0.3) is 0 Å². The number of halogens is 1. The maximum atomic E-state index is 12.5. The van der Waals surface area contributed by atoms with E-state index in [1.807, 2.05) is 0 Å². The molecule has 0 saturated carbocycles. The van der Waals surface area contributed by atoms with Gasteiger partial charge in [0, 0.05) is 12.6 Å². The molecule has 0 spiro atoms. The van der Waals surface area contributed by atoms with E-state index in [2.05, 4.69) is 0 Å². The molecule has 2 rings (SSSR count). The van der Waals surface area contributed by atoms with Gasteiger partial charge in [-0.3, -0.25) is 9.59 Å². The first-order valence-corrected chi connectivity index (χ1v) is 6.88. The largest absolute Gasteiger partial charge is 0.508 e. The molecule has 0 aromatic heterocycles. The molecular weight excluding hydrogens is 282 g/mol. The molecule has 6 heteroatoms. The zero-order valence-corrected chi connectivity index (χ0v) is 11.6. The molecule has 0 bridgehead atoms. The molecule has 1 atom stereocenters. The number of phenolic OH excluding ortho intramolecular Hbond substituents is 1. The molecule has 1 amide bonds. The zero-order valence-electron chi connectivity index (χ0n) is 10.9. The lowest BCUT2D eigenvalue weighted by atomic mass is 9.98. The zero-order chi connectivity index (χ0) is 14.7. The third kappa shape index (κ3) is 3.22. The van der Waals surface area contributed by atoms with Gasteiger partial charge in [0.2, 0.25) is 0 Å². The van der Waals surface area contributed by atoms with Crippen molar-refractivity contribution in [3.8, 4) is 5.75 Å². The lowest BCUT2D eigenvalue weighted by Crippen LogP contribution is -2.44. The summed E-state index contributed by atoms with van der Waals surface area (Å²) in [5.74, 6) is -1.28. The van der Waals surface area contributed by atoms with Gasteiger partial charge in [-0.1, -0.05) is 11.6 Å². The second kappa shape index (κ2) is 6.13. The molecule has 2 N–H and O–H groups in total. The lowest BCUT2D eigenvalue weighted by Gasteiger charge is -2.35. The normalized spacial score (nSPS) is 18.9. The van der Waals surface area contributed by atoms with E-state index in [1.165, 1.54) is 18.2 Å². The van der Waals surface area contributed by atoms with Crippen molar-refractivity contribution >= 4 is 23.5 Å². The number of phenols is 1. The quantitative estimate of drug-likeness (QED) is 0.898. The second-order valence-electron chi connectivity index (χ2n) is 4.91. The third-order valence-electron chi connectivity index (χ3n) is 3.48. The molecule has 1 fully saturated rings. The van der Waals surface area contributed by atoms with Crippen LogP contribution < -0.4 is 0 Å². The lowest BCUT2D eigenvalue weighted by molar-refractivity contribution is -0.138. The Morgan fingerprint density at radius 1 is 1.35 bits per heavy atom. The second-order valence-corrected chi connectivity index (χ2v) is 5.32. The first kappa shape index (κ1) is 14.7. The van der Waals surface area contributed by atoms with Crippen molar-refractivity contribution in [3.05, 3.63) is 28.8 Å². The molecule has 1 aromatic rings. The van der Waals surface area contributed by atoms with Crippen LogP contribution in [0.15, 0.2) is 18.2 Å². The number of carbonyl (C=O) groups excluding carboxylic acids is 1. The van der Waals surface area contributed by atoms with Crippen LogP contribution in [0, 0.1) is 0 Å². The number of carbonyl (C=O) groups is 2. The highest BCUT2D eigenvalue weighted by Gasteiger charge is 2.30. The Bertz CT molecular complexity index is 532. The summed E-state index contributed by atoms with van der Waals surface area (Å²) in [5, 5.41) is 18.7. The topological polar surface area (TPSA) is 77.8 Å². The number of nitrogens with zero attached hydrogens (tertiary/aromatic N) is 1. The molecule has 1 saturated heterocycles. The van der Waals surface area contributed by atoms with Crippen LogP contribution in [0.3, 0.4) is 0 Å². The summed E-state index contributed by atoms with van der Waals surface area (Å²) in [5.41, 5.74) is 0.212. The van der Waals surface area contributed by atoms with E-state index in [9.17, 15) is 14.7 Å². The number of piperidine rings is 1. The van der Waals surface area contributed by atoms with Crippen molar-refractivity contribution in [1.82, 2.24) is 4.90 Å². The fourth-order valence-electron chi connectivity index (χ4n) is 2.51. The van der Waals surface area contributed by atoms with E-state index in [0.29, 0.717) is 13.0 Å². The van der Waals surface area contributed by atoms with Gasteiger partial charge in [-0.25, -0.2) is 0 Å². The first-order valence-electron chi connectivity index (χ1n) is 6.50. The summed E-state index contributed by atoms with van der Waals surface area (Å²) in [6, 6.07) is 3.87. The molecule has 0 aliphatic carbocycles. The molecule has 1 aromatic carbocycles. The van der Waals surface area contributed by atoms with E-state index in [-0.39, 0.29) is 34.7 Å². The van der Waals surface area contributed by atoms with Crippen LogP contribution in [-0.2, 0) is 4.79 Å². The Kier molecular flexibility index (Phi) is 4.49. The number of hydrogen-bond donors (Lipinski definition) is 2. The van der Waals surface area contributed by atoms with Crippen LogP contribution in [0.5, 0.6) is 5.75 Å². The van der Waals surface area contributed by atoms with Crippen molar-refractivity contribution in [3.63, 3.8) is 0 Å². The molecule has 5 nitrogen and oxygen atoms in total. The van der Waals surface area contributed by atoms with E-state index < -0.39 is 5.97 Å². The van der Waals surface area contributed by atoms with Crippen molar-refractivity contribution in [2.24, 2.45) is 0 Å². The minimum Gasteiger partial charge on any atom is -0.508 e. The van der Waals surface area contributed by atoms with E-state index in [4.69, 9.17) is 16.7 Å². The number of likely N-dealkylation sites (tertiary alicyclic amines) is 1. The van der Waals surface area contributed by atoms with Gasteiger partial charge in [0.15, 0.2) is 0 Å². The third-order valence-corrected chi connectivity index (χ3v) is 3.81. The Hall–Kier alpha value is -1.75. The van der Waals surface area contributed by atoms with Gasteiger partial charge in [0.25, 0.3) is 5.91 Å². The number of rotatable bonds is 3. The number of aliphatic carboxylic acids is 1. The highest BCUT2D eigenvalue weighted by Crippen LogP contribution is 2.27. The number of hydrogen-bond acceptors (Lipinski definition) is 3. The van der Waals surface area contributed by atoms with Gasteiger partial charge in [-0.15, -0.1) is 0 Å². The summed E-state index contributed by atoms with van der Waals surface area (Å²) in [4.78, 5) is 24.9. The maximum absolute atomic E-state index is 12.5. The smallest absolute Gasteiger partial charge is 0.305 e. The fraction of sp³-hybridized carbons (Fsp3) is 0.429. The number of benzene rings is 1. The molecule has 1 unspecified atom stereocenters. The van der Waals surface area contributed by atoms with Crippen LogP contribution in [-0.4, -0.2) is 39.6 Å². The molecule has 1 aliphatic heterocycles. The van der Waals surface area contributed by atoms with Gasteiger partial charge in [0.05, 0.1) is 17.0 Å². The molecular formula is C14H16ClNO4. The average molecular weight is 298 g/mol. The highest BCUT2D eigenvalue weighted by atomic mass is 35.5. The fourth-order valence-corrected chi connectivity index (χ4v) is 2.71. The number of aromatic hydroxyl groups is 1. The van der Waals surface area contributed by atoms with Crippen LogP contribution >= 0.6 is 11.6 Å². The number of amides is 1. The first-order chi connectivity index (χ1) is 9.49. The molecule has 108 valence electrons. The monoisotopic (exact) mass is 297 g/mol.